The number of hydrogen-bond acceptors (Lipinski definition) is 4. The minimum absolute atomic E-state index is 0.109. The molecule has 0 atom stereocenters. The lowest BCUT2D eigenvalue weighted by molar-refractivity contribution is 0.102. The molecule has 2 N–H and O–H groups in total. The lowest BCUT2D eigenvalue weighted by atomic mass is 10.2. The quantitative estimate of drug-likeness (QED) is 0.855. The Morgan fingerprint density at radius 1 is 1.29 bits per heavy atom. The van der Waals surface area contributed by atoms with Gasteiger partial charge in [-0.3, -0.25) is 9.78 Å². The maximum Gasteiger partial charge on any atom is 0.258 e. The van der Waals surface area contributed by atoms with Crippen LogP contribution in [0.5, 0.6) is 5.88 Å². The summed E-state index contributed by atoms with van der Waals surface area (Å²) in [6, 6.07) is 4.44. The molecule has 0 aliphatic rings. The van der Waals surface area contributed by atoms with Crippen LogP contribution in [0.3, 0.4) is 0 Å². The summed E-state index contributed by atoms with van der Waals surface area (Å²) < 4.78 is 0. The Morgan fingerprint density at radius 2 is 2.12 bits per heavy atom. The van der Waals surface area contributed by atoms with Gasteiger partial charge in [-0.05, 0) is 12.1 Å². The fourth-order valence-corrected chi connectivity index (χ4v) is 1.39. The van der Waals surface area contributed by atoms with Crippen LogP contribution in [0.1, 0.15) is 10.4 Å². The van der Waals surface area contributed by atoms with E-state index in [0.29, 0.717) is 10.7 Å². The van der Waals surface area contributed by atoms with Gasteiger partial charge in [-0.2, -0.15) is 0 Å². The lowest BCUT2D eigenvalue weighted by Crippen LogP contribution is -2.12. The van der Waals surface area contributed by atoms with Crippen LogP contribution < -0.4 is 5.32 Å². The number of nitrogens with one attached hydrogen (secondary N) is 1. The van der Waals surface area contributed by atoms with E-state index in [4.69, 9.17) is 16.7 Å². The molecule has 0 aliphatic carbocycles. The summed E-state index contributed by atoms with van der Waals surface area (Å²) in [4.78, 5) is 19.3. The summed E-state index contributed by atoms with van der Waals surface area (Å²) in [6.07, 6.45) is 4.23. The van der Waals surface area contributed by atoms with E-state index < -0.39 is 0 Å². The van der Waals surface area contributed by atoms with Gasteiger partial charge in [0.25, 0.3) is 5.91 Å². The first-order valence-electron chi connectivity index (χ1n) is 4.72. The van der Waals surface area contributed by atoms with Crippen LogP contribution in [0.15, 0.2) is 36.8 Å². The summed E-state index contributed by atoms with van der Waals surface area (Å²) >= 11 is 5.85. The Balaban J connectivity index is 2.17. The molecule has 86 valence electrons. The highest BCUT2D eigenvalue weighted by molar-refractivity contribution is 6.34. The Labute approximate surface area is 102 Å². The molecule has 0 fully saturated rings. The standard InChI is InChI=1S/C11H8ClN3O2/c12-9-3-4-13-6-8(9)11(17)15-7-1-2-10(16)14-5-7/h1-6H,(H,14,16)(H,15,17). The van der Waals surface area contributed by atoms with Crippen molar-refractivity contribution in [3.63, 3.8) is 0 Å². The number of rotatable bonds is 2. The second-order valence-electron chi connectivity index (χ2n) is 3.21. The predicted molar refractivity (Wildman–Crippen MR) is 63.1 cm³/mol. The van der Waals surface area contributed by atoms with E-state index in [1.165, 1.54) is 36.8 Å². The Morgan fingerprint density at radius 3 is 2.76 bits per heavy atom. The van der Waals surface area contributed by atoms with Crippen LogP contribution in [-0.2, 0) is 0 Å². The molecule has 0 saturated heterocycles. The monoisotopic (exact) mass is 249 g/mol. The Kier molecular flexibility index (Phi) is 3.20. The van der Waals surface area contributed by atoms with Crippen molar-refractivity contribution in [3.8, 4) is 5.88 Å². The normalized spacial score (nSPS) is 9.94. The number of anilines is 1. The third-order valence-electron chi connectivity index (χ3n) is 2.02. The Hall–Kier alpha value is -2.14. The molecule has 6 heteroatoms. The number of hydrogen-bond donors (Lipinski definition) is 2. The van der Waals surface area contributed by atoms with E-state index in [9.17, 15) is 4.79 Å². The van der Waals surface area contributed by atoms with Gasteiger partial charge >= 0.3 is 0 Å². The van der Waals surface area contributed by atoms with Crippen LogP contribution in [-0.4, -0.2) is 21.0 Å². The topological polar surface area (TPSA) is 75.1 Å². The molecule has 17 heavy (non-hydrogen) atoms. The molecule has 0 bridgehead atoms. The fourth-order valence-electron chi connectivity index (χ4n) is 1.20. The molecule has 2 rings (SSSR count). The van der Waals surface area contributed by atoms with Crippen molar-refractivity contribution in [1.29, 1.82) is 0 Å². The van der Waals surface area contributed by atoms with Gasteiger partial charge in [0.2, 0.25) is 5.88 Å². The zero-order chi connectivity index (χ0) is 12.3. The van der Waals surface area contributed by atoms with Crippen LogP contribution >= 0.6 is 11.6 Å². The lowest BCUT2D eigenvalue weighted by Gasteiger charge is -2.05. The second kappa shape index (κ2) is 4.80. The summed E-state index contributed by atoms with van der Waals surface area (Å²) in [7, 11) is 0. The summed E-state index contributed by atoms with van der Waals surface area (Å²) in [6.45, 7) is 0. The molecular weight excluding hydrogens is 242 g/mol. The highest BCUT2D eigenvalue weighted by Gasteiger charge is 2.10. The zero-order valence-electron chi connectivity index (χ0n) is 8.59. The van der Waals surface area contributed by atoms with E-state index in [1.807, 2.05) is 0 Å². The first-order chi connectivity index (χ1) is 8.16. The Bertz CT molecular complexity index is 543. The third kappa shape index (κ3) is 2.70. The molecule has 2 aromatic rings. The number of carbonyl (C=O) groups excluding carboxylic acids is 1. The van der Waals surface area contributed by atoms with Gasteiger partial charge in [0.05, 0.1) is 22.5 Å². The molecule has 0 aromatic carbocycles. The van der Waals surface area contributed by atoms with Gasteiger partial charge < -0.3 is 10.4 Å². The van der Waals surface area contributed by atoms with E-state index >= 15 is 0 Å². The van der Waals surface area contributed by atoms with Crippen molar-refractivity contribution >= 4 is 23.2 Å². The summed E-state index contributed by atoms with van der Waals surface area (Å²) in [5.41, 5.74) is 0.745. The SMILES string of the molecule is O=C(Nc1ccc(O)nc1)c1cnccc1Cl. The largest absolute Gasteiger partial charge is 0.493 e. The van der Waals surface area contributed by atoms with Crippen molar-refractivity contribution < 1.29 is 9.90 Å². The molecule has 2 aromatic heterocycles. The van der Waals surface area contributed by atoms with Crippen molar-refractivity contribution in [3.05, 3.63) is 47.4 Å². The van der Waals surface area contributed by atoms with Crippen LogP contribution in [0.4, 0.5) is 5.69 Å². The van der Waals surface area contributed by atoms with Crippen molar-refractivity contribution in [1.82, 2.24) is 9.97 Å². The molecule has 0 unspecified atom stereocenters. The van der Waals surface area contributed by atoms with E-state index in [2.05, 4.69) is 15.3 Å². The van der Waals surface area contributed by atoms with Gasteiger partial charge in [0.15, 0.2) is 0 Å². The second-order valence-corrected chi connectivity index (χ2v) is 3.62. The van der Waals surface area contributed by atoms with E-state index in [0.717, 1.165) is 0 Å². The van der Waals surface area contributed by atoms with Gasteiger partial charge in [0, 0.05) is 18.5 Å². The van der Waals surface area contributed by atoms with Gasteiger partial charge in [0.1, 0.15) is 0 Å². The molecule has 0 radical (unpaired) electrons. The number of amides is 1. The number of carbonyl (C=O) groups is 1. The van der Waals surface area contributed by atoms with Crippen molar-refractivity contribution in [2.75, 3.05) is 5.32 Å². The predicted octanol–water partition coefficient (Wildman–Crippen LogP) is 2.09. The molecule has 0 aliphatic heterocycles. The number of pyridine rings is 2. The number of aromatic hydroxyl groups is 1. The average molecular weight is 250 g/mol. The van der Waals surface area contributed by atoms with Gasteiger partial charge in [-0.25, -0.2) is 4.98 Å². The van der Waals surface area contributed by atoms with Crippen LogP contribution in [0.25, 0.3) is 0 Å². The van der Waals surface area contributed by atoms with Crippen LogP contribution in [0.2, 0.25) is 5.02 Å². The molecular formula is C11H8ClN3O2. The minimum atomic E-state index is -0.379. The highest BCUT2D eigenvalue weighted by atomic mass is 35.5. The smallest absolute Gasteiger partial charge is 0.258 e. The number of halogens is 1. The minimum Gasteiger partial charge on any atom is -0.493 e. The maximum atomic E-state index is 11.8. The van der Waals surface area contributed by atoms with Gasteiger partial charge in [-0.1, -0.05) is 11.6 Å². The molecule has 1 amide bonds. The summed E-state index contributed by atoms with van der Waals surface area (Å²) in [5.74, 6) is -0.488. The third-order valence-corrected chi connectivity index (χ3v) is 2.35. The number of nitrogens with zero attached hydrogens (tertiary/aromatic N) is 2. The highest BCUT2D eigenvalue weighted by Crippen LogP contribution is 2.16. The average Bonchev–Trinajstić information content (AvgIpc) is 2.32. The van der Waals surface area contributed by atoms with E-state index in [1.54, 1.807) is 0 Å². The summed E-state index contributed by atoms with van der Waals surface area (Å²) in [5, 5.41) is 11.9. The van der Waals surface area contributed by atoms with E-state index in [-0.39, 0.29) is 17.4 Å². The van der Waals surface area contributed by atoms with Crippen LogP contribution in [0, 0.1) is 0 Å². The molecule has 0 spiro atoms. The molecule has 2 heterocycles. The first-order valence-corrected chi connectivity index (χ1v) is 5.10. The first kappa shape index (κ1) is 11.3. The fraction of sp³-hybridized carbons (Fsp3) is 0. The molecule has 0 saturated carbocycles. The van der Waals surface area contributed by atoms with Gasteiger partial charge in [-0.15, -0.1) is 0 Å². The number of aromatic nitrogens is 2. The molecule has 5 nitrogen and oxygen atoms in total. The maximum absolute atomic E-state index is 11.8. The van der Waals surface area contributed by atoms with Crippen molar-refractivity contribution in [2.45, 2.75) is 0 Å². The van der Waals surface area contributed by atoms with Crippen molar-refractivity contribution in [2.24, 2.45) is 0 Å². The zero-order valence-corrected chi connectivity index (χ0v) is 9.35.